The fourth-order valence-corrected chi connectivity index (χ4v) is 7.19. The molecule has 3 nitrogen and oxygen atoms in total. The van der Waals surface area contributed by atoms with Gasteiger partial charge in [-0.25, -0.2) is 0 Å². The number of nitrogens with zero attached hydrogens (tertiary/aromatic N) is 3. The van der Waals surface area contributed by atoms with Crippen LogP contribution in [0.3, 0.4) is 0 Å². The zero-order chi connectivity index (χ0) is 36.5. The van der Waals surface area contributed by atoms with E-state index < -0.39 is 0 Å². The van der Waals surface area contributed by atoms with E-state index in [0.717, 1.165) is 61.0 Å². The van der Waals surface area contributed by atoms with Crippen LogP contribution in [-0.2, 0) is 37.3 Å². The molecule has 0 amide bonds. The van der Waals surface area contributed by atoms with Gasteiger partial charge in [0.15, 0.2) is 0 Å². The van der Waals surface area contributed by atoms with Crippen LogP contribution in [0, 0.1) is 19.9 Å². The summed E-state index contributed by atoms with van der Waals surface area (Å²) >= 11 is 0. The maximum atomic E-state index is 5.52. The molecule has 0 N–H and O–H groups in total. The van der Waals surface area contributed by atoms with E-state index in [1.807, 2.05) is 30.6 Å². The van der Waals surface area contributed by atoms with E-state index in [-0.39, 0.29) is 37.3 Å². The normalized spacial score (nSPS) is 12.4. The molecule has 0 fully saturated rings. The average Bonchev–Trinajstić information content (AvgIpc) is 3.45. The zero-order valence-corrected chi connectivity index (χ0v) is 34.7. The predicted molar refractivity (Wildman–Crippen MR) is 217 cm³/mol. The van der Waals surface area contributed by atoms with Crippen LogP contribution in [-0.4, -0.2) is 9.97 Å². The Bertz CT molecular complexity index is 2390. The fourth-order valence-electron chi connectivity index (χ4n) is 7.19. The smallest absolute Gasteiger partial charge is 0.662 e. The van der Waals surface area contributed by atoms with Crippen LogP contribution in [0.2, 0.25) is 0 Å². The van der Waals surface area contributed by atoms with Crippen LogP contribution in [0.15, 0.2) is 97.3 Å². The Labute approximate surface area is 324 Å². The molecule has 7 aromatic rings. The van der Waals surface area contributed by atoms with Gasteiger partial charge in [0, 0.05) is 18.1 Å². The maximum absolute atomic E-state index is 5.52. The molecule has 0 aliphatic rings. The topological polar surface area (TPSA) is 39.9 Å². The van der Waals surface area contributed by atoms with Crippen molar-refractivity contribution in [1.82, 2.24) is 15.0 Å². The van der Waals surface area contributed by atoms with Crippen LogP contribution in [0.4, 0.5) is 0 Å². The van der Waals surface area contributed by atoms with Crippen molar-refractivity contribution >= 4 is 21.8 Å². The first-order chi connectivity index (χ1) is 24.0. The van der Waals surface area contributed by atoms with Gasteiger partial charge < -0.3 is 4.98 Å². The molecule has 0 spiro atoms. The quantitative estimate of drug-likeness (QED) is 0.166. The summed E-state index contributed by atoms with van der Waals surface area (Å²) in [7, 11) is 0. The summed E-state index contributed by atoms with van der Waals surface area (Å²) < 4.78 is 0. The summed E-state index contributed by atoms with van der Waals surface area (Å²) in [5.41, 5.74) is 16.7. The first-order valence-corrected chi connectivity index (χ1v) is 18.1. The SMILES string of the molecule is Cc1cc(C(C)(C)C)cc(C)c1-c1cc(-c2ccccn2)[c-]c(-c2cc(C(C)(C)C)cc3c2[n-]c2c(-c4ccccn4)cc(C(C)(C)C)cc23)c1.[Pt+2]. The van der Waals surface area contributed by atoms with E-state index in [1.54, 1.807) is 0 Å². The summed E-state index contributed by atoms with van der Waals surface area (Å²) in [5, 5.41) is 2.33. The van der Waals surface area contributed by atoms with Gasteiger partial charge >= 0.3 is 21.1 Å². The van der Waals surface area contributed by atoms with E-state index in [9.17, 15) is 0 Å². The minimum atomic E-state index is -0.0879. The Morgan fingerprint density at radius 1 is 0.519 bits per heavy atom. The number of fused-ring (bicyclic) bond motifs is 3. The first-order valence-electron chi connectivity index (χ1n) is 18.1. The number of hydrogen-bond acceptors (Lipinski definition) is 2. The number of pyridine rings is 2. The van der Waals surface area contributed by atoms with Gasteiger partial charge in [-0.15, -0.1) is 29.3 Å². The molecule has 0 saturated carbocycles. The van der Waals surface area contributed by atoms with Crippen molar-refractivity contribution in [2.24, 2.45) is 0 Å². The third kappa shape index (κ3) is 7.05. The molecule has 0 radical (unpaired) electrons. The molecule has 52 heavy (non-hydrogen) atoms. The van der Waals surface area contributed by atoms with E-state index >= 15 is 0 Å². The number of benzene rings is 4. The van der Waals surface area contributed by atoms with E-state index in [0.29, 0.717) is 0 Å². The van der Waals surface area contributed by atoms with Gasteiger partial charge in [0.05, 0.1) is 5.69 Å². The number of rotatable bonds is 4. The van der Waals surface area contributed by atoms with Crippen molar-refractivity contribution in [1.29, 1.82) is 0 Å². The van der Waals surface area contributed by atoms with E-state index in [2.05, 4.69) is 149 Å². The van der Waals surface area contributed by atoms with E-state index in [4.69, 9.17) is 15.0 Å². The van der Waals surface area contributed by atoms with Crippen molar-refractivity contribution in [3.63, 3.8) is 0 Å². The molecule has 0 atom stereocenters. The minimum absolute atomic E-state index is 0. The monoisotopic (exact) mass is 862 g/mol. The summed E-state index contributed by atoms with van der Waals surface area (Å²) in [5.74, 6) is 0. The molecule has 266 valence electrons. The van der Waals surface area contributed by atoms with Crippen LogP contribution < -0.4 is 4.98 Å². The van der Waals surface area contributed by atoms with Crippen molar-refractivity contribution in [3.8, 4) is 44.8 Å². The summed E-state index contributed by atoms with van der Waals surface area (Å²) in [6.45, 7) is 25.0. The number of hydrogen-bond donors (Lipinski definition) is 0. The molecule has 3 aromatic heterocycles. The van der Waals surface area contributed by atoms with Crippen molar-refractivity contribution in [2.45, 2.75) is 92.4 Å². The third-order valence-electron chi connectivity index (χ3n) is 10.2. The minimum Gasteiger partial charge on any atom is -0.662 e. The maximum Gasteiger partial charge on any atom is 2.00 e. The Morgan fingerprint density at radius 3 is 1.48 bits per heavy atom. The standard InChI is InChI=1S/C48H49N3.Pt/c1-29-20-34(46(3,4)5)21-30(2)43(29)33-23-31(22-32(24-33)41-16-12-14-18-49-41)37-25-35(47(6,7)8)26-38-39-27-36(48(9,10)11)28-40(45(39)51-44(37)38)42-17-13-15-19-50-42;/h12-21,23-28H,1-11H3;/q-2;+2. The molecule has 0 aliphatic carbocycles. The second-order valence-corrected chi connectivity index (χ2v) is 17.3. The Morgan fingerprint density at radius 2 is 0.981 bits per heavy atom. The summed E-state index contributed by atoms with van der Waals surface area (Å²) in [6, 6.07) is 34.7. The second-order valence-electron chi connectivity index (χ2n) is 17.3. The van der Waals surface area contributed by atoms with Gasteiger partial charge in [0.1, 0.15) is 0 Å². The Hall–Kier alpha value is -4.33. The van der Waals surface area contributed by atoms with Gasteiger partial charge in [0.25, 0.3) is 0 Å². The van der Waals surface area contributed by atoms with Gasteiger partial charge in [-0.05, 0) is 98.0 Å². The fraction of sp³-hybridized carbons (Fsp3) is 0.292. The third-order valence-corrected chi connectivity index (χ3v) is 10.2. The van der Waals surface area contributed by atoms with Gasteiger partial charge in [-0.3, -0.25) is 9.97 Å². The first kappa shape index (κ1) is 37.4. The molecule has 0 unspecified atom stereocenters. The molecule has 7 rings (SSSR count). The molecule has 0 aliphatic heterocycles. The second kappa shape index (κ2) is 13.6. The summed E-state index contributed by atoms with van der Waals surface area (Å²) in [4.78, 5) is 15.1. The largest absolute Gasteiger partial charge is 2.00 e. The average molecular weight is 863 g/mol. The van der Waals surface area contributed by atoms with E-state index in [1.165, 1.54) is 33.4 Å². The molecule has 4 heteroatoms. The summed E-state index contributed by atoms with van der Waals surface area (Å²) in [6.07, 6.45) is 3.73. The van der Waals surface area contributed by atoms with Crippen LogP contribution in [0.25, 0.3) is 66.6 Å². The molecule has 0 saturated heterocycles. The molecule has 3 heterocycles. The molecular weight excluding hydrogens is 814 g/mol. The molecular formula is C48H49N3Pt. The molecule has 0 bridgehead atoms. The zero-order valence-electron chi connectivity index (χ0n) is 32.4. The predicted octanol–water partition coefficient (Wildman–Crippen LogP) is 12.7. The van der Waals surface area contributed by atoms with Crippen LogP contribution >= 0.6 is 0 Å². The van der Waals surface area contributed by atoms with Gasteiger partial charge in [-0.2, -0.15) is 5.52 Å². The number of aromatic nitrogens is 3. The number of aryl methyl sites for hydroxylation is 2. The van der Waals surface area contributed by atoms with Gasteiger partial charge in [-0.1, -0.05) is 134 Å². The van der Waals surface area contributed by atoms with Gasteiger partial charge in [0.2, 0.25) is 0 Å². The van der Waals surface area contributed by atoms with Crippen LogP contribution in [0.5, 0.6) is 0 Å². The Kier molecular flexibility index (Phi) is 9.77. The van der Waals surface area contributed by atoms with Crippen molar-refractivity contribution < 1.29 is 21.1 Å². The van der Waals surface area contributed by atoms with Crippen molar-refractivity contribution in [3.05, 3.63) is 131 Å². The van der Waals surface area contributed by atoms with Crippen molar-refractivity contribution in [2.75, 3.05) is 0 Å². The molecule has 4 aromatic carbocycles. The Balaban J connectivity index is 0.00000464. The van der Waals surface area contributed by atoms with Crippen LogP contribution in [0.1, 0.15) is 90.1 Å².